The molecule has 138 valence electrons. The molecule has 1 heterocycles. The summed E-state index contributed by atoms with van der Waals surface area (Å²) in [7, 11) is 1.62. The van der Waals surface area contributed by atoms with Crippen LogP contribution in [0.15, 0.2) is 60.8 Å². The average molecular weight is 362 g/mol. The van der Waals surface area contributed by atoms with E-state index in [-0.39, 0.29) is 5.91 Å². The number of benzene rings is 2. The van der Waals surface area contributed by atoms with Crippen LogP contribution in [0.1, 0.15) is 27.2 Å². The van der Waals surface area contributed by atoms with Crippen molar-refractivity contribution in [2.24, 2.45) is 0 Å². The molecule has 0 saturated carbocycles. The number of hydrogen-bond donors (Lipinski definition) is 2. The summed E-state index contributed by atoms with van der Waals surface area (Å²) in [6.45, 7) is 3.06. The average Bonchev–Trinajstić information content (AvgIpc) is 2.71. The van der Waals surface area contributed by atoms with Gasteiger partial charge in [-0.25, -0.2) is 9.97 Å². The molecule has 0 unspecified atom stereocenters. The largest absolute Gasteiger partial charge is 0.497 e. The summed E-state index contributed by atoms with van der Waals surface area (Å²) in [5, 5.41) is 6.02. The Morgan fingerprint density at radius 1 is 1.04 bits per heavy atom. The number of ether oxygens (including phenoxy) is 1. The molecular weight excluding hydrogens is 340 g/mol. The number of nitrogens with zero attached hydrogens (tertiary/aromatic N) is 2. The minimum Gasteiger partial charge on any atom is -0.497 e. The van der Waals surface area contributed by atoms with Crippen molar-refractivity contribution in [2.75, 3.05) is 12.4 Å². The molecule has 0 aliphatic heterocycles. The minimum absolute atomic E-state index is 0.244. The highest BCUT2D eigenvalue weighted by molar-refractivity contribution is 5.92. The topological polar surface area (TPSA) is 76.1 Å². The predicted octanol–water partition coefficient (Wildman–Crippen LogP) is 3.34. The van der Waals surface area contributed by atoms with E-state index in [2.05, 4.69) is 26.7 Å². The van der Waals surface area contributed by atoms with E-state index in [9.17, 15) is 4.79 Å². The van der Waals surface area contributed by atoms with Gasteiger partial charge in [-0.2, -0.15) is 0 Å². The first-order chi connectivity index (χ1) is 13.1. The van der Waals surface area contributed by atoms with Crippen molar-refractivity contribution >= 4 is 11.9 Å². The van der Waals surface area contributed by atoms with Crippen LogP contribution in [0.2, 0.25) is 0 Å². The van der Waals surface area contributed by atoms with E-state index in [0.29, 0.717) is 24.7 Å². The van der Waals surface area contributed by atoms with Gasteiger partial charge >= 0.3 is 0 Å². The lowest BCUT2D eigenvalue weighted by Crippen LogP contribution is -2.24. The van der Waals surface area contributed by atoms with Gasteiger partial charge in [-0.15, -0.1) is 0 Å². The van der Waals surface area contributed by atoms with Gasteiger partial charge in [0.15, 0.2) is 0 Å². The summed E-state index contributed by atoms with van der Waals surface area (Å²) >= 11 is 0. The van der Waals surface area contributed by atoms with Crippen molar-refractivity contribution in [3.05, 3.63) is 83.2 Å². The fraction of sp³-hybridized carbons (Fsp3) is 0.190. The first-order valence-corrected chi connectivity index (χ1v) is 8.67. The zero-order chi connectivity index (χ0) is 19.1. The molecule has 1 amide bonds. The first-order valence-electron chi connectivity index (χ1n) is 8.67. The molecule has 0 spiro atoms. The van der Waals surface area contributed by atoms with Crippen LogP contribution in [0.25, 0.3) is 0 Å². The summed E-state index contributed by atoms with van der Waals surface area (Å²) in [5.74, 6) is 0.964. The Kier molecular flexibility index (Phi) is 5.99. The third kappa shape index (κ3) is 5.28. The third-order valence-electron chi connectivity index (χ3n) is 4.03. The van der Waals surface area contributed by atoms with Crippen molar-refractivity contribution in [1.82, 2.24) is 15.3 Å². The molecule has 0 radical (unpaired) electrons. The molecule has 6 heteroatoms. The van der Waals surface area contributed by atoms with Gasteiger partial charge < -0.3 is 15.4 Å². The molecule has 3 aromatic rings. The molecule has 1 aromatic heterocycles. The van der Waals surface area contributed by atoms with Crippen molar-refractivity contribution < 1.29 is 9.53 Å². The number of aromatic nitrogens is 2. The first kappa shape index (κ1) is 18.4. The van der Waals surface area contributed by atoms with Crippen molar-refractivity contribution in [1.29, 1.82) is 0 Å². The lowest BCUT2D eigenvalue weighted by molar-refractivity contribution is 0.0946. The molecule has 27 heavy (non-hydrogen) atoms. The Hall–Kier alpha value is -3.41. The van der Waals surface area contributed by atoms with Gasteiger partial charge in [-0.1, -0.05) is 42.0 Å². The zero-order valence-electron chi connectivity index (χ0n) is 15.4. The van der Waals surface area contributed by atoms with Crippen LogP contribution >= 0.6 is 0 Å². The molecule has 0 bridgehead atoms. The highest BCUT2D eigenvalue weighted by Gasteiger charge is 2.09. The van der Waals surface area contributed by atoms with Crippen LogP contribution in [-0.2, 0) is 13.1 Å². The number of carbonyl (C=O) groups is 1. The molecule has 6 nitrogen and oxygen atoms in total. The van der Waals surface area contributed by atoms with E-state index in [1.165, 1.54) is 5.56 Å². The maximum Gasteiger partial charge on any atom is 0.270 e. The maximum atomic E-state index is 12.4. The van der Waals surface area contributed by atoms with Crippen LogP contribution in [0.5, 0.6) is 5.75 Å². The van der Waals surface area contributed by atoms with Crippen LogP contribution in [0.3, 0.4) is 0 Å². The standard InChI is InChI=1S/C21H22N4O2/c1-15-4-3-5-17(12-15)14-24-21-22-11-10-19(25-21)20(26)23-13-16-6-8-18(27-2)9-7-16/h3-12H,13-14H2,1-2H3,(H,23,26)(H,22,24,25). The SMILES string of the molecule is COc1ccc(CNC(=O)c2ccnc(NCc3cccc(C)c3)n2)cc1. The normalized spacial score (nSPS) is 10.3. The summed E-state index contributed by atoms with van der Waals surface area (Å²) in [6.07, 6.45) is 1.58. The van der Waals surface area contributed by atoms with Crippen LogP contribution in [0, 0.1) is 6.92 Å². The van der Waals surface area contributed by atoms with Gasteiger partial charge in [0.1, 0.15) is 11.4 Å². The highest BCUT2D eigenvalue weighted by atomic mass is 16.5. The van der Waals surface area contributed by atoms with Crippen molar-refractivity contribution in [3.63, 3.8) is 0 Å². The molecule has 0 saturated heterocycles. The summed E-state index contributed by atoms with van der Waals surface area (Å²) in [6, 6.07) is 17.3. The molecular formula is C21H22N4O2. The Morgan fingerprint density at radius 3 is 2.59 bits per heavy atom. The number of amides is 1. The van der Waals surface area contributed by atoms with E-state index >= 15 is 0 Å². The molecule has 2 N–H and O–H groups in total. The summed E-state index contributed by atoms with van der Waals surface area (Å²) in [4.78, 5) is 20.8. The van der Waals surface area contributed by atoms with E-state index in [1.807, 2.05) is 49.4 Å². The van der Waals surface area contributed by atoms with Gasteiger partial charge in [-0.05, 0) is 36.2 Å². The van der Waals surface area contributed by atoms with Gasteiger partial charge in [-0.3, -0.25) is 4.79 Å². The van der Waals surface area contributed by atoms with Crippen molar-refractivity contribution in [2.45, 2.75) is 20.0 Å². The van der Waals surface area contributed by atoms with Crippen molar-refractivity contribution in [3.8, 4) is 5.75 Å². The number of hydrogen-bond acceptors (Lipinski definition) is 5. The van der Waals surface area contributed by atoms with Gasteiger partial charge in [0.25, 0.3) is 5.91 Å². The van der Waals surface area contributed by atoms with E-state index in [0.717, 1.165) is 16.9 Å². The zero-order valence-corrected chi connectivity index (χ0v) is 15.4. The van der Waals surface area contributed by atoms with Crippen LogP contribution in [-0.4, -0.2) is 23.0 Å². The second-order valence-corrected chi connectivity index (χ2v) is 6.14. The molecule has 0 aliphatic rings. The quantitative estimate of drug-likeness (QED) is 0.674. The number of carbonyl (C=O) groups excluding carboxylic acids is 1. The van der Waals surface area contributed by atoms with E-state index in [1.54, 1.807) is 19.4 Å². The Morgan fingerprint density at radius 2 is 1.85 bits per heavy atom. The molecule has 2 aromatic carbocycles. The second-order valence-electron chi connectivity index (χ2n) is 6.14. The van der Waals surface area contributed by atoms with Crippen LogP contribution in [0.4, 0.5) is 5.95 Å². The number of methoxy groups -OCH3 is 1. The Balaban J connectivity index is 1.57. The third-order valence-corrected chi connectivity index (χ3v) is 4.03. The van der Waals surface area contributed by atoms with E-state index < -0.39 is 0 Å². The smallest absolute Gasteiger partial charge is 0.270 e. The fourth-order valence-corrected chi connectivity index (χ4v) is 2.59. The Bertz CT molecular complexity index is 910. The minimum atomic E-state index is -0.244. The maximum absolute atomic E-state index is 12.4. The predicted molar refractivity (Wildman–Crippen MR) is 105 cm³/mol. The number of rotatable bonds is 7. The van der Waals surface area contributed by atoms with Gasteiger partial charge in [0, 0.05) is 19.3 Å². The monoisotopic (exact) mass is 362 g/mol. The molecule has 0 atom stereocenters. The second kappa shape index (κ2) is 8.80. The lowest BCUT2D eigenvalue weighted by atomic mass is 10.1. The summed E-state index contributed by atoms with van der Waals surface area (Å²) < 4.78 is 5.13. The van der Waals surface area contributed by atoms with E-state index in [4.69, 9.17) is 4.74 Å². The molecule has 0 aliphatic carbocycles. The number of nitrogens with one attached hydrogen (secondary N) is 2. The van der Waals surface area contributed by atoms with Gasteiger partial charge in [0.05, 0.1) is 7.11 Å². The number of anilines is 1. The highest BCUT2D eigenvalue weighted by Crippen LogP contribution is 2.11. The number of aryl methyl sites for hydroxylation is 1. The fourth-order valence-electron chi connectivity index (χ4n) is 2.59. The Labute approximate surface area is 158 Å². The van der Waals surface area contributed by atoms with Crippen LogP contribution < -0.4 is 15.4 Å². The molecule has 3 rings (SSSR count). The lowest BCUT2D eigenvalue weighted by Gasteiger charge is -2.08. The van der Waals surface area contributed by atoms with Gasteiger partial charge in [0.2, 0.25) is 5.95 Å². The summed E-state index contributed by atoms with van der Waals surface area (Å²) in [5.41, 5.74) is 3.64. The molecule has 0 fully saturated rings.